The maximum atomic E-state index is 10.8. The zero-order chi connectivity index (χ0) is 11.1. The van der Waals surface area contributed by atoms with Gasteiger partial charge in [0.15, 0.2) is 6.10 Å². The second kappa shape index (κ2) is 5.80. The molecule has 0 aromatic heterocycles. The number of carboxylic acid groups (broad SMARTS) is 1. The molecule has 1 atom stereocenters. The van der Waals surface area contributed by atoms with Crippen molar-refractivity contribution in [1.29, 1.82) is 0 Å². The van der Waals surface area contributed by atoms with Gasteiger partial charge in [-0.15, -0.1) is 0 Å². The maximum Gasteiger partial charge on any atom is 0.344 e. The minimum Gasteiger partial charge on any atom is -0.479 e. The molecule has 1 aromatic carbocycles. The van der Waals surface area contributed by atoms with Gasteiger partial charge in [-0.05, 0) is 12.1 Å². The highest BCUT2D eigenvalue weighted by Crippen LogP contribution is 2.13. The normalized spacial score (nSPS) is 11.7. The summed E-state index contributed by atoms with van der Waals surface area (Å²) in [5.41, 5.74) is 0. The van der Waals surface area contributed by atoms with Crippen molar-refractivity contribution in [3.05, 3.63) is 30.3 Å². The van der Waals surface area contributed by atoms with Crippen LogP contribution >= 0.6 is 0 Å². The zero-order valence-electron chi connectivity index (χ0n) is 8.13. The van der Waals surface area contributed by atoms with Gasteiger partial charge in [-0.2, -0.15) is 0 Å². The van der Waals surface area contributed by atoms with Crippen LogP contribution in [0.2, 0.25) is 0 Å². The fourth-order valence-corrected chi connectivity index (χ4v) is 1.12. The lowest BCUT2D eigenvalue weighted by atomic mass is 10.2. The number of hydrogen-bond donors (Lipinski definition) is 1. The van der Waals surface area contributed by atoms with E-state index in [2.05, 4.69) is 0 Å². The van der Waals surface area contributed by atoms with Crippen molar-refractivity contribution < 1.29 is 19.4 Å². The molecule has 0 aliphatic heterocycles. The van der Waals surface area contributed by atoms with E-state index in [9.17, 15) is 9.59 Å². The second-order valence-electron chi connectivity index (χ2n) is 3.00. The molecule has 4 nitrogen and oxygen atoms in total. The lowest BCUT2D eigenvalue weighted by Crippen LogP contribution is -2.26. The summed E-state index contributed by atoms with van der Waals surface area (Å²) in [5.74, 6) is -0.559. The van der Waals surface area contributed by atoms with Gasteiger partial charge in [0.2, 0.25) is 0 Å². The average molecular weight is 208 g/mol. The Morgan fingerprint density at radius 2 is 2.07 bits per heavy atom. The third-order valence-electron chi connectivity index (χ3n) is 1.84. The Morgan fingerprint density at radius 3 is 2.60 bits per heavy atom. The van der Waals surface area contributed by atoms with Gasteiger partial charge in [0.25, 0.3) is 0 Å². The highest BCUT2D eigenvalue weighted by Gasteiger charge is 2.18. The second-order valence-corrected chi connectivity index (χ2v) is 3.00. The summed E-state index contributed by atoms with van der Waals surface area (Å²) in [6.45, 7) is 0. The van der Waals surface area contributed by atoms with Crippen molar-refractivity contribution >= 4 is 12.3 Å². The number of aldehydes is 1. The van der Waals surface area contributed by atoms with E-state index in [-0.39, 0.29) is 12.8 Å². The van der Waals surface area contributed by atoms with E-state index >= 15 is 0 Å². The summed E-state index contributed by atoms with van der Waals surface area (Å²) in [7, 11) is 0. The lowest BCUT2D eigenvalue weighted by Gasteiger charge is -2.13. The number of carboxylic acids is 1. The fourth-order valence-electron chi connectivity index (χ4n) is 1.12. The van der Waals surface area contributed by atoms with E-state index in [0.29, 0.717) is 12.0 Å². The molecule has 0 saturated heterocycles. The summed E-state index contributed by atoms with van der Waals surface area (Å²) in [4.78, 5) is 20.9. The van der Waals surface area contributed by atoms with Crippen molar-refractivity contribution in [2.24, 2.45) is 0 Å². The first-order chi connectivity index (χ1) is 7.24. The third kappa shape index (κ3) is 3.81. The van der Waals surface area contributed by atoms with Gasteiger partial charge in [-0.1, -0.05) is 18.2 Å². The van der Waals surface area contributed by atoms with Crippen LogP contribution in [0.25, 0.3) is 0 Å². The predicted molar refractivity (Wildman–Crippen MR) is 53.8 cm³/mol. The topological polar surface area (TPSA) is 63.6 Å². The summed E-state index contributed by atoms with van der Waals surface area (Å²) in [6, 6.07) is 8.68. The maximum absolute atomic E-state index is 10.8. The number of hydrogen-bond acceptors (Lipinski definition) is 3. The molecule has 80 valence electrons. The van der Waals surface area contributed by atoms with E-state index in [1.165, 1.54) is 0 Å². The summed E-state index contributed by atoms with van der Waals surface area (Å²) < 4.78 is 5.22. The SMILES string of the molecule is O=CCCC(Oc1ccccc1)C(=O)O. The molecule has 0 aliphatic carbocycles. The van der Waals surface area contributed by atoms with Gasteiger partial charge in [0.05, 0.1) is 0 Å². The number of benzene rings is 1. The van der Waals surface area contributed by atoms with Crippen molar-refractivity contribution in [2.75, 3.05) is 0 Å². The molecule has 0 aliphatic rings. The van der Waals surface area contributed by atoms with Gasteiger partial charge >= 0.3 is 5.97 Å². The first-order valence-corrected chi connectivity index (χ1v) is 4.62. The summed E-state index contributed by atoms with van der Waals surface area (Å²) in [6.07, 6.45) is 0.0968. The molecule has 0 amide bonds. The fraction of sp³-hybridized carbons (Fsp3) is 0.273. The standard InChI is InChI=1S/C11H12O4/c12-8-4-7-10(11(13)14)15-9-5-2-1-3-6-9/h1-3,5-6,8,10H,4,7H2,(H,13,14). The largest absolute Gasteiger partial charge is 0.479 e. The Balaban J connectivity index is 2.58. The van der Waals surface area contributed by atoms with Gasteiger partial charge in [0.1, 0.15) is 12.0 Å². The molecular weight excluding hydrogens is 196 g/mol. The van der Waals surface area contributed by atoms with Crippen LogP contribution < -0.4 is 4.74 Å². The molecule has 0 radical (unpaired) electrons. The summed E-state index contributed by atoms with van der Waals surface area (Å²) in [5, 5.41) is 8.82. The molecule has 1 aromatic rings. The number of ether oxygens (including phenoxy) is 1. The smallest absolute Gasteiger partial charge is 0.344 e. The van der Waals surface area contributed by atoms with E-state index in [0.717, 1.165) is 0 Å². The third-order valence-corrected chi connectivity index (χ3v) is 1.84. The van der Waals surface area contributed by atoms with E-state index in [1.54, 1.807) is 24.3 Å². The van der Waals surface area contributed by atoms with Gasteiger partial charge < -0.3 is 14.6 Å². The van der Waals surface area contributed by atoms with Crippen molar-refractivity contribution in [3.63, 3.8) is 0 Å². The lowest BCUT2D eigenvalue weighted by molar-refractivity contribution is -0.145. The monoisotopic (exact) mass is 208 g/mol. The molecular formula is C11H12O4. The molecule has 0 spiro atoms. The van der Waals surface area contributed by atoms with E-state index in [1.807, 2.05) is 6.07 Å². The predicted octanol–water partition coefficient (Wildman–Crippen LogP) is 1.50. The van der Waals surface area contributed by atoms with Gasteiger partial charge in [-0.3, -0.25) is 0 Å². The Kier molecular flexibility index (Phi) is 4.34. The molecule has 1 unspecified atom stereocenters. The Bertz CT molecular complexity index is 321. The quantitative estimate of drug-likeness (QED) is 0.719. The van der Waals surface area contributed by atoms with Crippen LogP contribution in [0.3, 0.4) is 0 Å². The Hall–Kier alpha value is -1.84. The first kappa shape index (κ1) is 11.2. The van der Waals surface area contributed by atoms with Crippen LogP contribution in [0, 0.1) is 0 Å². The van der Waals surface area contributed by atoms with Crippen LogP contribution in [0.1, 0.15) is 12.8 Å². The Morgan fingerprint density at radius 1 is 1.40 bits per heavy atom. The highest BCUT2D eigenvalue weighted by atomic mass is 16.5. The highest BCUT2D eigenvalue weighted by molar-refractivity contribution is 5.73. The molecule has 4 heteroatoms. The molecule has 0 heterocycles. The van der Waals surface area contributed by atoms with Crippen LogP contribution in [0.5, 0.6) is 5.75 Å². The average Bonchev–Trinajstić information content (AvgIpc) is 2.25. The zero-order valence-corrected chi connectivity index (χ0v) is 8.13. The molecule has 0 fully saturated rings. The number of aliphatic carboxylic acids is 1. The number of para-hydroxylation sites is 1. The molecule has 1 N–H and O–H groups in total. The van der Waals surface area contributed by atoms with Gasteiger partial charge in [0, 0.05) is 12.8 Å². The first-order valence-electron chi connectivity index (χ1n) is 4.62. The van der Waals surface area contributed by atoms with Crippen LogP contribution in [0.15, 0.2) is 30.3 Å². The van der Waals surface area contributed by atoms with Crippen molar-refractivity contribution in [1.82, 2.24) is 0 Å². The van der Waals surface area contributed by atoms with Crippen molar-refractivity contribution in [3.8, 4) is 5.75 Å². The van der Waals surface area contributed by atoms with E-state index < -0.39 is 12.1 Å². The molecule has 0 bridgehead atoms. The molecule has 15 heavy (non-hydrogen) atoms. The van der Waals surface area contributed by atoms with Crippen LogP contribution in [-0.2, 0) is 9.59 Å². The van der Waals surface area contributed by atoms with Crippen LogP contribution in [-0.4, -0.2) is 23.5 Å². The van der Waals surface area contributed by atoms with Crippen molar-refractivity contribution in [2.45, 2.75) is 18.9 Å². The minimum atomic E-state index is -1.05. The summed E-state index contributed by atoms with van der Waals surface area (Å²) >= 11 is 0. The number of rotatable bonds is 6. The Labute approximate surface area is 87.5 Å². The molecule has 1 rings (SSSR count). The van der Waals surface area contributed by atoms with Gasteiger partial charge in [-0.25, -0.2) is 4.79 Å². The van der Waals surface area contributed by atoms with E-state index in [4.69, 9.17) is 9.84 Å². The molecule has 0 saturated carbocycles. The number of carbonyl (C=O) groups is 2. The number of carbonyl (C=O) groups excluding carboxylic acids is 1. The minimum absolute atomic E-state index is 0.184. The van der Waals surface area contributed by atoms with Crippen LogP contribution in [0.4, 0.5) is 0 Å².